The molecule has 0 fully saturated rings. The highest BCUT2D eigenvalue weighted by atomic mass is 16.2. The lowest BCUT2D eigenvalue weighted by molar-refractivity contribution is -0.124. The van der Waals surface area contributed by atoms with Crippen molar-refractivity contribution >= 4 is 5.91 Å². The Kier molecular flexibility index (Phi) is 4.66. The van der Waals surface area contributed by atoms with E-state index in [0.29, 0.717) is 6.54 Å². The number of aromatic nitrogens is 3. The molecule has 2 heterocycles. The molecule has 0 saturated carbocycles. The number of nitrogens with zero attached hydrogens (tertiary/aromatic N) is 4. The minimum Gasteiger partial charge on any atom is -0.352 e. The zero-order chi connectivity index (χ0) is 17.2. The van der Waals surface area contributed by atoms with Crippen LogP contribution in [0.25, 0.3) is 0 Å². The van der Waals surface area contributed by atoms with E-state index in [1.165, 1.54) is 17.5 Å². The van der Waals surface area contributed by atoms with E-state index in [4.69, 9.17) is 0 Å². The van der Waals surface area contributed by atoms with E-state index in [9.17, 15) is 4.79 Å². The average molecular weight is 327 g/mol. The molecule has 2 aromatic rings. The van der Waals surface area contributed by atoms with E-state index in [-0.39, 0.29) is 17.5 Å². The van der Waals surface area contributed by atoms with Crippen LogP contribution in [0.3, 0.4) is 0 Å². The highest BCUT2D eigenvalue weighted by Crippen LogP contribution is 2.25. The maximum atomic E-state index is 12.4. The number of amides is 1. The molecule has 1 N–H and O–H groups in total. The fraction of sp³-hybridized carbons (Fsp3) is 0.500. The number of benzene rings is 1. The second-order valence-electron chi connectivity index (χ2n) is 7.02. The van der Waals surface area contributed by atoms with Gasteiger partial charge in [-0.2, -0.15) is 5.10 Å². The van der Waals surface area contributed by atoms with Gasteiger partial charge in [-0.25, -0.2) is 9.67 Å². The van der Waals surface area contributed by atoms with Crippen LogP contribution in [0.15, 0.2) is 36.9 Å². The van der Waals surface area contributed by atoms with Crippen LogP contribution >= 0.6 is 0 Å². The molecule has 1 aromatic carbocycles. The summed E-state index contributed by atoms with van der Waals surface area (Å²) in [5, 5.41) is 7.09. The van der Waals surface area contributed by atoms with Crippen LogP contribution in [0.2, 0.25) is 0 Å². The summed E-state index contributed by atoms with van der Waals surface area (Å²) in [6, 6.07) is 8.25. The Morgan fingerprint density at radius 2 is 2.08 bits per heavy atom. The highest BCUT2D eigenvalue weighted by molar-refractivity contribution is 5.79. The predicted molar refractivity (Wildman–Crippen MR) is 92.4 cm³/mol. The van der Waals surface area contributed by atoms with Gasteiger partial charge in [0.15, 0.2) is 0 Å². The van der Waals surface area contributed by atoms with Crippen LogP contribution in [-0.4, -0.2) is 44.2 Å². The van der Waals surface area contributed by atoms with Crippen LogP contribution in [0.1, 0.15) is 37.9 Å². The zero-order valence-electron chi connectivity index (χ0n) is 14.6. The van der Waals surface area contributed by atoms with Crippen molar-refractivity contribution in [2.45, 2.75) is 45.3 Å². The van der Waals surface area contributed by atoms with Crippen LogP contribution < -0.4 is 5.32 Å². The lowest BCUT2D eigenvalue weighted by Crippen LogP contribution is -2.53. The van der Waals surface area contributed by atoms with Crippen LogP contribution in [0.4, 0.5) is 0 Å². The Bertz CT molecular complexity index is 695. The monoisotopic (exact) mass is 327 g/mol. The summed E-state index contributed by atoms with van der Waals surface area (Å²) in [6.45, 7) is 8.74. The number of fused-ring (bicyclic) bond motifs is 1. The van der Waals surface area contributed by atoms with Crippen molar-refractivity contribution < 1.29 is 4.79 Å². The van der Waals surface area contributed by atoms with Crippen LogP contribution in [0.5, 0.6) is 0 Å². The molecule has 0 aliphatic carbocycles. The molecule has 1 amide bonds. The number of hydrogen-bond donors (Lipinski definition) is 1. The van der Waals surface area contributed by atoms with Gasteiger partial charge in [0.25, 0.3) is 0 Å². The molecule has 1 aromatic heterocycles. The van der Waals surface area contributed by atoms with E-state index < -0.39 is 0 Å². The number of carbonyl (C=O) groups is 1. The van der Waals surface area contributed by atoms with Gasteiger partial charge >= 0.3 is 0 Å². The van der Waals surface area contributed by atoms with Gasteiger partial charge in [0.1, 0.15) is 18.7 Å². The molecule has 0 bridgehead atoms. The van der Waals surface area contributed by atoms with E-state index in [1.54, 1.807) is 11.0 Å². The Hall–Kier alpha value is -2.21. The van der Waals surface area contributed by atoms with E-state index >= 15 is 0 Å². The standard InChI is InChI=1S/C18H25N5O/c1-14(23-13-19-12-21-23)17(24)20-11-18(2,3)22-9-8-15-6-4-5-7-16(15)10-22/h4-7,12-14H,8-11H2,1-3H3,(H,20,24). The fourth-order valence-electron chi connectivity index (χ4n) is 3.11. The Morgan fingerprint density at radius 1 is 1.33 bits per heavy atom. The number of rotatable bonds is 5. The summed E-state index contributed by atoms with van der Waals surface area (Å²) in [4.78, 5) is 18.7. The summed E-state index contributed by atoms with van der Waals surface area (Å²) < 4.78 is 1.57. The molecule has 3 rings (SSSR count). The molecule has 0 spiro atoms. The maximum absolute atomic E-state index is 12.4. The zero-order valence-corrected chi connectivity index (χ0v) is 14.6. The third-order valence-electron chi connectivity index (χ3n) is 4.89. The first kappa shape index (κ1) is 16.6. The second-order valence-corrected chi connectivity index (χ2v) is 7.02. The Balaban J connectivity index is 1.59. The summed E-state index contributed by atoms with van der Waals surface area (Å²) in [5.74, 6) is -0.0361. The molecule has 6 nitrogen and oxygen atoms in total. The van der Waals surface area contributed by atoms with Crippen molar-refractivity contribution in [1.82, 2.24) is 25.0 Å². The van der Waals surface area contributed by atoms with Crippen LogP contribution in [-0.2, 0) is 17.8 Å². The van der Waals surface area contributed by atoms with Crippen molar-refractivity contribution in [2.75, 3.05) is 13.1 Å². The molecule has 0 radical (unpaired) electrons. The normalized spacial score (nSPS) is 16.5. The van der Waals surface area contributed by atoms with Gasteiger partial charge in [0.05, 0.1) is 0 Å². The minimum atomic E-state index is -0.356. The van der Waals surface area contributed by atoms with Crippen molar-refractivity contribution in [3.63, 3.8) is 0 Å². The molecule has 24 heavy (non-hydrogen) atoms. The van der Waals surface area contributed by atoms with Gasteiger partial charge in [-0.3, -0.25) is 9.69 Å². The minimum absolute atomic E-state index is 0.0361. The molecule has 1 unspecified atom stereocenters. The molecular weight excluding hydrogens is 302 g/mol. The average Bonchev–Trinajstić information content (AvgIpc) is 3.13. The molecule has 1 atom stereocenters. The van der Waals surface area contributed by atoms with Crippen LogP contribution in [0, 0.1) is 0 Å². The number of carbonyl (C=O) groups excluding carboxylic acids is 1. The van der Waals surface area contributed by atoms with E-state index in [1.807, 2.05) is 6.92 Å². The van der Waals surface area contributed by atoms with Crippen molar-refractivity contribution in [3.8, 4) is 0 Å². The smallest absolute Gasteiger partial charge is 0.244 e. The quantitative estimate of drug-likeness (QED) is 0.909. The SMILES string of the molecule is CC(C(=O)NCC(C)(C)N1CCc2ccccc2C1)n1cncn1. The fourth-order valence-corrected chi connectivity index (χ4v) is 3.11. The Morgan fingerprint density at radius 3 is 2.79 bits per heavy atom. The molecule has 1 aliphatic rings. The summed E-state index contributed by atoms with van der Waals surface area (Å²) in [7, 11) is 0. The van der Waals surface area contributed by atoms with E-state index in [0.717, 1.165) is 19.5 Å². The summed E-state index contributed by atoms with van der Waals surface area (Å²) >= 11 is 0. The van der Waals surface area contributed by atoms with Gasteiger partial charge in [-0.05, 0) is 38.3 Å². The third kappa shape index (κ3) is 3.48. The maximum Gasteiger partial charge on any atom is 0.244 e. The highest BCUT2D eigenvalue weighted by Gasteiger charge is 2.30. The lowest BCUT2D eigenvalue weighted by Gasteiger charge is -2.41. The second kappa shape index (κ2) is 6.73. The molecular formula is C18H25N5O. The van der Waals surface area contributed by atoms with Gasteiger partial charge in [0.2, 0.25) is 5.91 Å². The predicted octanol–water partition coefficient (Wildman–Crippen LogP) is 1.79. The molecule has 128 valence electrons. The summed E-state index contributed by atoms with van der Waals surface area (Å²) in [5.41, 5.74) is 2.72. The van der Waals surface area contributed by atoms with Crippen molar-refractivity contribution in [1.29, 1.82) is 0 Å². The van der Waals surface area contributed by atoms with Gasteiger partial charge in [0, 0.05) is 25.2 Å². The largest absolute Gasteiger partial charge is 0.352 e. The topological polar surface area (TPSA) is 63.1 Å². The first-order chi connectivity index (χ1) is 11.5. The lowest BCUT2D eigenvalue weighted by atomic mass is 9.94. The molecule has 6 heteroatoms. The van der Waals surface area contributed by atoms with Gasteiger partial charge < -0.3 is 5.32 Å². The third-order valence-corrected chi connectivity index (χ3v) is 4.89. The van der Waals surface area contributed by atoms with Crippen molar-refractivity contribution in [3.05, 3.63) is 48.0 Å². The Labute approximate surface area is 142 Å². The van der Waals surface area contributed by atoms with Gasteiger partial charge in [-0.1, -0.05) is 24.3 Å². The molecule has 0 saturated heterocycles. The van der Waals surface area contributed by atoms with Crippen molar-refractivity contribution in [2.24, 2.45) is 0 Å². The number of nitrogens with one attached hydrogen (secondary N) is 1. The van der Waals surface area contributed by atoms with E-state index in [2.05, 4.69) is 58.4 Å². The first-order valence-electron chi connectivity index (χ1n) is 8.41. The first-order valence-corrected chi connectivity index (χ1v) is 8.41. The molecule has 1 aliphatic heterocycles. The van der Waals surface area contributed by atoms with Gasteiger partial charge in [-0.15, -0.1) is 0 Å². The number of hydrogen-bond acceptors (Lipinski definition) is 4. The summed E-state index contributed by atoms with van der Waals surface area (Å²) in [6.07, 6.45) is 4.07.